The predicted molar refractivity (Wildman–Crippen MR) is 46.2 cm³/mol. The zero-order valence-electron chi connectivity index (χ0n) is 6.42. The van der Waals surface area contributed by atoms with Crippen molar-refractivity contribution in [2.75, 3.05) is 0 Å². The Morgan fingerprint density at radius 1 is 1.27 bits per heavy atom. The van der Waals surface area contributed by atoms with Crippen molar-refractivity contribution in [2.24, 2.45) is 0 Å². The third kappa shape index (κ3) is 1.25. The van der Waals surface area contributed by atoms with E-state index in [2.05, 4.69) is 31.2 Å². The van der Waals surface area contributed by atoms with Crippen LogP contribution < -0.4 is 2.39 Å². The molecule has 0 amide bonds. The summed E-state index contributed by atoms with van der Waals surface area (Å²) in [4.78, 5) is 0. The number of fused-ring (bicyclic) bond motifs is 1. The van der Waals surface area contributed by atoms with Crippen LogP contribution in [0, 0.1) is 6.92 Å². The van der Waals surface area contributed by atoms with Gasteiger partial charge >= 0.3 is 86.7 Å². The third-order valence-electron chi connectivity index (χ3n) is 1.94. The normalized spacial score (nSPS) is 10.8. The molecule has 0 bridgehead atoms. The monoisotopic (exact) mass is 349 g/mol. The summed E-state index contributed by atoms with van der Waals surface area (Å²) in [6.07, 6.45) is 0. The standard InChI is InChI=1S/C9H7S.Hg/c1-7-6-10-9-5-3-2-4-8(7)9;/h2-5H,1H3;. The second kappa shape index (κ2) is 2.87. The van der Waals surface area contributed by atoms with Gasteiger partial charge in [0.1, 0.15) is 0 Å². The van der Waals surface area contributed by atoms with Gasteiger partial charge in [-0.25, -0.2) is 0 Å². The van der Waals surface area contributed by atoms with E-state index in [0.717, 1.165) is 26.1 Å². The summed E-state index contributed by atoms with van der Waals surface area (Å²) in [6, 6.07) is 8.67. The Balaban J connectivity index is 2.92. The van der Waals surface area contributed by atoms with E-state index in [9.17, 15) is 0 Å². The topological polar surface area (TPSA) is 0 Å². The molecule has 0 radical (unpaired) electrons. The van der Waals surface area contributed by atoms with E-state index in [0.29, 0.717) is 0 Å². The molecule has 51 valence electrons. The van der Waals surface area contributed by atoms with Gasteiger partial charge in [0.2, 0.25) is 0 Å². The summed E-state index contributed by atoms with van der Waals surface area (Å²) in [5, 5.41) is 1.46. The first-order valence-electron chi connectivity index (χ1n) is 3.59. The number of rotatable bonds is 0. The molecule has 0 aliphatic heterocycles. The molecule has 2 heteroatoms. The molecule has 11 heavy (non-hydrogen) atoms. The van der Waals surface area contributed by atoms with E-state index in [-0.39, 0.29) is 0 Å². The van der Waals surface area contributed by atoms with Crippen LogP contribution in [0.5, 0.6) is 0 Å². The van der Waals surface area contributed by atoms with Crippen molar-refractivity contribution in [1.82, 2.24) is 0 Å². The van der Waals surface area contributed by atoms with Crippen molar-refractivity contribution in [3.63, 3.8) is 0 Å². The zero-order valence-corrected chi connectivity index (χ0v) is 12.7. The zero-order chi connectivity index (χ0) is 7.84. The maximum absolute atomic E-state index is 2.24. The number of hydrogen-bond donors (Lipinski definition) is 0. The van der Waals surface area contributed by atoms with E-state index in [1.807, 2.05) is 11.3 Å². The maximum atomic E-state index is 2.24. The van der Waals surface area contributed by atoms with Gasteiger partial charge in [0.15, 0.2) is 0 Å². The molecule has 0 fully saturated rings. The van der Waals surface area contributed by atoms with E-state index < -0.39 is 0 Å². The average molecular weight is 348 g/mol. The molecular formula is C9H7HgS. The molecule has 1 aromatic heterocycles. The molecule has 0 unspecified atom stereocenters. The average Bonchev–Trinajstić information content (AvgIpc) is 2.30. The Labute approximate surface area is 86.2 Å². The van der Waals surface area contributed by atoms with Gasteiger partial charge < -0.3 is 0 Å². The third-order valence-corrected chi connectivity index (χ3v) is 6.82. The van der Waals surface area contributed by atoms with Crippen LogP contribution in [0.3, 0.4) is 0 Å². The Hall–Kier alpha value is 0.115. The molecule has 0 aliphatic carbocycles. The van der Waals surface area contributed by atoms with Crippen LogP contribution in [-0.4, -0.2) is 0 Å². The molecule has 0 saturated heterocycles. The molecule has 0 saturated carbocycles. The van der Waals surface area contributed by atoms with Gasteiger partial charge in [0, 0.05) is 0 Å². The Kier molecular flexibility index (Phi) is 2.02. The molecule has 2 rings (SSSR count). The summed E-state index contributed by atoms with van der Waals surface area (Å²) in [7, 11) is 0. The van der Waals surface area contributed by atoms with Crippen molar-refractivity contribution in [2.45, 2.75) is 6.92 Å². The first-order valence-corrected chi connectivity index (χ1v) is 7.15. The summed E-state index contributed by atoms with van der Waals surface area (Å²) < 4.78 is 3.08. The second-order valence-corrected chi connectivity index (χ2v) is 8.52. The Morgan fingerprint density at radius 2 is 2.00 bits per heavy atom. The molecular weight excluding hydrogens is 341 g/mol. The van der Waals surface area contributed by atoms with Gasteiger partial charge in [0.05, 0.1) is 0 Å². The van der Waals surface area contributed by atoms with Crippen molar-refractivity contribution >= 4 is 23.8 Å². The van der Waals surface area contributed by atoms with Crippen molar-refractivity contribution < 1.29 is 26.1 Å². The van der Waals surface area contributed by atoms with Crippen molar-refractivity contribution in [3.8, 4) is 0 Å². The fourth-order valence-electron chi connectivity index (χ4n) is 1.22. The predicted octanol–water partition coefficient (Wildman–Crippen LogP) is 2.38. The van der Waals surface area contributed by atoms with Gasteiger partial charge in [0.25, 0.3) is 0 Å². The fraction of sp³-hybridized carbons (Fsp3) is 0.111. The minimum atomic E-state index is 0.784. The van der Waals surface area contributed by atoms with Gasteiger partial charge in [-0.2, -0.15) is 0 Å². The van der Waals surface area contributed by atoms with E-state index in [4.69, 9.17) is 0 Å². The van der Waals surface area contributed by atoms with Gasteiger partial charge in [-0.05, 0) is 0 Å². The van der Waals surface area contributed by atoms with Crippen LogP contribution in [0.15, 0.2) is 24.3 Å². The summed E-state index contributed by atoms with van der Waals surface area (Å²) >= 11 is 2.75. The van der Waals surface area contributed by atoms with Gasteiger partial charge in [-0.1, -0.05) is 0 Å². The molecule has 2 aromatic rings. The molecule has 0 N–H and O–H groups in total. The Bertz CT molecular complexity index is 389. The minimum absolute atomic E-state index is 0.784. The fourth-order valence-corrected chi connectivity index (χ4v) is 4.79. The summed E-state index contributed by atoms with van der Waals surface area (Å²) in [5.41, 5.74) is 1.52. The molecule has 1 heterocycles. The number of benzene rings is 1. The Morgan fingerprint density at radius 3 is 2.73 bits per heavy atom. The first kappa shape index (κ1) is 7.75. The summed E-state index contributed by atoms with van der Waals surface area (Å²) in [5.74, 6) is 0. The number of hydrogen-bond acceptors (Lipinski definition) is 1. The van der Waals surface area contributed by atoms with E-state index >= 15 is 0 Å². The number of thiophene rings is 1. The van der Waals surface area contributed by atoms with Crippen molar-refractivity contribution in [1.29, 1.82) is 0 Å². The SMILES string of the molecule is Cc1[c]([Hg])sc2ccccc12. The van der Waals surface area contributed by atoms with Gasteiger partial charge in [-0.15, -0.1) is 0 Å². The van der Waals surface area contributed by atoms with Crippen LogP contribution in [0.1, 0.15) is 5.56 Å². The molecule has 0 nitrogen and oxygen atoms in total. The molecule has 0 aliphatic rings. The van der Waals surface area contributed by atoms with Crippen LogP contribution >= 0.6 is 11.3 Å². The summed E-state index contributed by atoms with van der Waals surface area (Å²) in [6.45, 7) is 2.24. The van der Waals surface area contributed by atoms with Crippen LogP contribution in [0.4, 0.5) is 0 Å². The van der Waals surface area contributed by atoms with Crippen LogP contribution in [-0.2, 0) is 26.1 Å². The number of aryl methyl sites for hydroxylation is 1. The van der Waals surface area contributed by atoms with E-state index in [1.54, 1.807) is 2.39 Å². The molecule has 1 aromatic carbocycles. The molecule has 0 spiro atoms. The van der Waals surface area contributed by atoms with E-state index in [1.165, 1.54) is 15.6 Å². The van der Waals surface area contributed by atoms with Crippen molar-refractivity contribution in [3.05, 3.63) is 29.8 Å². The van der Waals surface area contributed by atoms with Crippen LogP contribution in [0.25, 0.3) is 10.1 Å². The first-order chi connectivity index (χ1) is 5.29. The molecule has 0 atom stereocenters. The van der Waals surface area contributed by atoms with Crippen LogP contribution in [0.2, 0.25) is 0 Å². The van der Waals surface area contributed by atoms with Gasteiger partial charge in [-0.3, -0.25) is 0 Å². The quantitative estimate of drug-likeness (QED) is 0.642. The second-order valence-electron chi connectivity index (χ2n) is 2.65.